The quantitative estimate of drug-likeness (QED) is 0.817. The summed E-state index contributed by atoms with van der Waals surface area (Å²) in [5, 5.41) is 0. The first-order valence-electron chi connectivity index (χ1n) is 5.53. The molecule has 0 aliphatic carbocycles. The molecule has 0 spiro atoms. The first-order valence-corrected chi connectivity index (χ1v) is 5.53. The van der Waals surface area contributed by atoms with Crippen molar-refractivity contribution in [3.8, 4) is 5.75 Å². The van der Waals surface area contributed by atoms with Crippen molar-refractivity contribution < 1.29 is 14.4 Å². The monoisotopic (exact) mass is 237 g/mol. The van der Waals surface area contributed by atoms with Gasteiger partial charge in [0.1, 0.15) is 5.75 Å². The summed E-state index contributed by atoms with van der Waals surface area (Å²) < 4.78 is 5.32. The Balaban J connectivity index is 2.33. The number of benzene rings is 1. The standard InChI is InChI=1S/C13H19NO3/c1-10-6-5-7-11(8-10)16-9-12(15)14-17-13(2,3)4/h5-8H,9H2,1-4H3,(H,14,15). The van der Waals surface area contributed by atoms with Gasteiger partial charge in [0, 0.05) is 0 Å². The Bertz CT molecular complexity index is 382. The maximum absolute atomic E-state index is 11.4. The molecule has 0 fully saturated rings. The van der Waals surface area contributed by atoms with E-state index in [2.05, 4.69) is 5.48 Å². The number of carbonyl (C=O) groups is 1. The van der Waals surface area contributed by atoms with Gasteiger partial charge in [-0.2, -0.15) is 0 Å². The van der Waals surface area contributed by atoms with Gasteiger partial charge < -0.3 is 4.74 Å². The van der Waals surface area contributed by atoms with Crippen LogP contribution in [-0.4, -0.2) is 18.1 Å². The van der Waals surface area contributed by atoms with Gasteiger partial charge in [0.05, 0.1) is 5.60 Å². The van der Waals surface area contributed by atoms with Crippen LogP contribution in [0.15, 0.2) is 24.3 Å². The van der Waals surface area contributed by atoms with E-state index in [1.54, 1.807) is 0 Å². The average Bonchev–Trinajstić information content (AvgIpc) is 2.23. The van der Waals surface area contributed by atoms with E-state index >= 15 is 0 Å². The maximum Gasteiger partial charge on any atom is 0.281 e. The molecular formula is C13H19NO3. The van der Waals surface area contributed by atoms with Crippen molar-refractivity contribution >= 4 is 5.91 Å². The van der Waals surface area contributed by atoms with E-state index in [1.165, 1.54) is 0 Å². The minimum atomic E-state index is -0.404. The molecule has 0 atom stereocenters. The first-order chi connectivity index (χ1) is 7.87. The summed E-state index contributed by atoms with van der Waals surface area (Å²) in [7, 11) is 0. The number of ether oxygens (including phenoxy) is 1. The van der Waals surface area contributed by atoms with Gasteiger partial charge in [-0.05, 0) is 45.4 Å². The molecular weight excluding hydrogens is 218 g/mol. The normalized spacial score (nSPS) is 11.1. The number of amides is 1. The summed E-state index contributed by atoms with van der Waals surface area (Å²) in [5.74, 6) is 0.373. The van der Waals surface area contributed by atoms with Crippen LogP contribution in [0, 0.1) is 6.92 Å². The van der Waals surface area contributed by atoms with E-state index in [0.717, 1.165) is 5.56 Å². The third kappa shape index (κ3) is 5.92. The molecule has 0 aliphatic heterocycles. The predicted molar refractivity (Wildman–Crippen MR) is 65.7 cm³/mol. The highest BCUT2D eigenvalue weighted by atomic mass is 16.7. The first kappa shape index (κ1) is 13.5. The fourth-order valence-electron chi connectivity index (χ4n) is 1.09. The molecule has 0 radical (unpaired) electrons. The van der Waals surface area contributed by atoms with Gasteiger partial charge in [-0.3, -0.25) is 9.63 Å². The second kappa shape index (κ2) is 5.68. The number of aryl methyl sites for hydroxylation is 1. The molecule has 1 rings (SSSR count). The lowest BCUT2D eigenvalue weighted by Gasteiger charge is -2.18. The van der Waals surface area contributed by atoms with Crippen molar-refractivity contribution in [2.24, 2.45) is 0 Å². The largest absolute Gasteiger partial charge is 0.484 e. The highest BCUT2D eigenvalue weighted by molar-refractivity contribution is 5.76. The smallest absolute Gasteiger partial charge is 0.281 e. The molecule has 0 bridgehead atoms. The van der Waals surface area contributed by atoms with Gasteiger partial charge in [-0.25, -0.2) is 5.48 Å². The molecule has 0 unspecified atom stereocenters. The number of hydroxylamine groups is 1. The average molecular weight is 237 g/mol. The molecule has 0 aliphatic rings. The van der Waals surface area contributed by atoms with Gasteiger partial charge in [-0.15, -0.1) is 0 Å². The van der Waals surface area contributed by atoms with Gasteiger partial charge in [-0.1, -0.05) is 12.1 Å². The lowest BCUT2D eigenvalue weighted by Crippen LogP contribution is -2.36. The molecule has 1 N–H and O–H groups in total. The lowest BCUT2D eigenvalue weighted by atomic mass is 10.2. The van der Waals surface area contributed by atoms with Crippen LogP contribution in [0.3, 0.4) is 0 Å². The van der Waals surface area contributed by atoms with E-state index in [1.807, 2.05) is 52.0 Å². The van der Waals surface area contributed by atoms with Crippen molar-refractivity contribution in [2.45, 2.75) is 33.3 Å². The Morgan fingerprint density at radius 2 is 2.06 bits per heavy atom. The number of hydrogen-bond acceptors (Lipinski definition) is 3. The van der Waals surface area contributed by atoms with Crippen molar-refractivity contribution in [1.82, 2.24) is 5.48 Å². The Kier molecular flexibility index (Phi) is 4.52. The number of carbonyl (C=O) groups excluding carboxylic acids is 1. The third-order valence-electron chi connectivity index (χ3n) is 1.83. The molecule has 0 heterocycles. The highest BCUT2D eigenvalue weighted by Gasteiger charge is 2.12. The zero-order valence-electron chi connectivity index (χ0n) is 10.7. The minimum Gasteiger partial charge on any atom is -0.484 e. The fraction of sp³-hybridized carbons (Fsp3) is 0.462. The highest BCUT2D eigenvalue weighted by Crippen LogP contribution is 2.12. The molecule has 4 heteroatoms. The van der Waals surface area contributed by atoms with E-state index in [4.69, 9.17) is 9.57 Å². The summed E-state index contributed by atoms with van der Waals surface area (Å²) in [6.07, 6.45) is 0. The van der Waals surface area contributed by atoms with Crippen molar-refractivity contribution in [1.29, 1.82) is 0 Å². The molecule has 0 saturated heterocycles. The Morgan fingerprint density at radius 1 is 1.35 bits per heavy atom. The van der Waals surface area contributed by atoms with Crippen LogP contribution in [0.1, 0.15) is 26.3 Å². The molecule has 17 heavy (non-hydrogen) atoms. The fourth-order valence-corrected chi connectivity index (χ4v) is 1.09. The van der Waals surface area contributed by atoms with Gasteiger partial charge >= 0.3 is 0 Å². The second-order valence-corrected chi connectivity index (χ2v) is 4.84. The summed E-state index contributed by atoms with van der Waals surface area (Å²) in [6.45, 7) is 7.48. The van der Waals surface area contributed by atoms with Gasteiger partial charge in [0.25, 0.3) is 5.91 Å². The van der Waals surface area contributed by atoms with E-state index in [9.17, 15) is 4.79 Å². The van der Waals surface area contributed by atoms with Crippen molar-refractivity contribution in [2.75, 3.05) is 6.61 Å². The molecule has 0 aromatic heterocycles. The molecule has 1 aromatic carbocycles. The maximum atomic E-state index is 11.4. The summed E-state index contributed by atoms with van der Waals surface area (Å²) in [5.41, 5.74) is 3.03. The van der Waals surface area contributed by atoms with E-state index in [0.29, 0.717) is 5.75 Å². The molecule has 94 valence electrons. The number of rotatable bonds is 4. The number of hydrogen-bond donors (Lipinski definition) is 1. The third-order valence-corrected chi connectivity index (χ3v) is 1.83. The zero-order valence-corrected chi connectivity index (χ0v) is 10.7. The molecule has 1 amide bonds. The van der Waals surface area contributed by atoms with Crippen LogP contribution < -0.4 is 10.2 Å². The Morgan fingerprint density at radius 3 is 2.65 bits per heavy atom. The van der Waals surface area contributed by atoms with Crippen LogP contribution in [0.25, 0.3) is 0 Å². The number of nitrogens with one attached hydrogen (secondary N) is 1. The second-order valence-electron chi connectivity index (χ2n) is 4.84. The molecule has 1 aromatic rings. The van der Waals surface area contributed by atoms with Crippen LogP contribution in [0.4, 0.5) is 0 Å². The van der Waals surface area contributed by atoms with Gasteiger partial charge in [0.2, 0.25) is 0 Å². The van der Waals surface area contributed by atoms with Crippen LogP contribution in [0.5, 0.6) is 5.75 Å². The SMILES string of the molecule is Cc1cccc(OCC(=O)NOC(C)(C)C)c1. The predicted octanol–water partition coefficient (Wildman–Crippen LogP) is 2.22. The summed E-state index contributed by atoms with van der Waals surface area (Å²) >= 11 is 0. The van der Waals surface area contributed by atoms with E-state index < -0.39 is 5.60 Å². The minimum absolute atomic E-state index is 0.0560. The van der Waals surface area contributed by atoms with Crippen LogP contribution in [-0.2, 0) is 9.63 Å². The van der Waals surface area contributed by atoms with Crippen LogP contribution >= 0.6 is 0 Å². The Hall–Kier alpha value is -1.55. The topological polar surface area (TPSA) is 47.6 Å². The molecule has 4 nitrogen and oxygen atoms in total. The Labute approximate surface area is 102 Å². The zero-order chi connectivity index (χ0) is 12.9. The molecule has 0 saturated carbocycles. The summed E-state index contributed by atoms with van der Waals surface area (Å²) in [6, 6.07) is 7.53. The van der Waals surface area contributed by atoms with Crippen molar-refractivity contribution in [3.05, 3.63) is 29.8 Å². The van der Waals surface area contributed by atoms with Crippen LogP contribution in [0.2, 0.25) is 0 Å². The lowest BCUT2D eigenvalue weighted by molar-refractivity contribution is -0.147. The van der Waals surface area contributed by atoms with Gasteiger partial charge in [0.15, 0.2) is 6.61 Å². The van der Waals surface area contributed by atoms with Crippen molar-refractivity contribution in [3.63, 3.8) is 0 Å². The summed E-state index contributed by atoms with van der Waals surface area (Å²) in [4.78, 5) is 16.5. The van der Waals surface area contributed by atoms with E-state index in [-0.39, 0.29) is 12.5 Å².